The van der Waals surface area contributed by atoms with Gasteiger partial charge in [0, 0.05) is 32.4 Å². The predicted octanol–water partition coefficient (Wildman–Crippen LogP) is 5.33. The summed E-state index contributed by atoms with van der Waals surface area (Å²) in [6.07, 6.45) is 0. The molecule has 0 aliphatic heterocycles. The largest absolute Gasteiger partial charge is 0.339 e. The van der Waals surface area contributed by atoms with E-state index in [9.17, 15) is 0 Å². The first-order chi connectivity index (χ1) is 12.1. The van der Waals surface area contributed by atoms with E-state index >= 15 is 0 Å². The van der Waals surface area contributed by atoms with E-state index in [1.165, 1.54) is 0 Å². The van der Waals surface area contributed by atoms with Crippen molar-refractivity contribution in [3.05, 3.63) is 64.9 Å². The molecule has 2 aromatic carbocycles. The van der Waals surface area contributed by atoms with E-state index < -0.39 is 0 Å². The third-order valence-corrected chi connectivity index (χ3v) is 4.84. The maximum Gasteiger partial charge on any atom is 0.163 e. The molecule has 0 saturated heterocycles. The minimum atomic E-state index is 0.722. The SMILES string of the molecule is Cc1cc(C)n(-c2nc3[nH]c4ccc(Cl)cc4c3c3ccccc23)n1. The summed E-state index contributed by atoms with van der Waals surface area (Å²) >= 11 is 6.23. The van der Waals surface area contributed by atoms with Crippen molar-refractivity contribution < 1.29 is 0 Å². The van der Waals surface area contributed by atoms with Gasteiger partial charge in [0.1, 0.15) is 5.65 Å². The number of benzene rings is 2. The number of pyridine rings is 1. The molecule has 3 heterocycles. The van der Waals surface area contributed by atoms with Gasteiger partial charge in [0.25, 0.3) is 0 Å². The van der Waals surface area contributed by atoms with Crippen molar-refractivity contribution in [1.29, 1.82) is 0 Å². The van der Waals surface area contributed by atoms with E-state index in [4.69, 9.17) is 16.6 Å². The smallest absolute Gasteiger partial charge is 0.163 e. The van der Waals surface area contributed by atoms with Crippen LogP contribution >= 0.6 is 11.6 Å². The molecule has 0 unspecified atom stereocenters. The second-order valence-electron chi connectivity index (χ2n) is 6.36. The van der Waals surface area contributed by atoms with Crippen molar-refractivity contribution in [2.45, 2.75) is 13.8 Å². The van der Waals surface area contributed by atoms with Crippen LogP contribution < -0.4 is 0 Å². The highest BCUT2D eigenvalue weighted by Crippen LogP contribution is 2.35. The molecule has 0 aliphatic rings. The Balaban J connectivity index is 2.00. The molecule has 0 amide bonds. The van der Waals surface area contributed by atoms with Crippen LogP contribution in [0.2, 0.25) is 5.02 Å². The Bertz CT molecular complexity index is 1280. The summed E-state index contributed by atoms with van der Waals surface area (Å²) in [7, 11) is 0. The molecule has 4 nitrogen and oxygen atoms in total. The first kappa shape index (κ1) is 14.5. The zero-order chi connectivity index (χ0) is 17.1. The predicted molar refractivity (Wildman–Crippen MR) is 103 cm³/mol. The van der Waals surface area contributed by atoms with Gasteiger partial charge in [-0.05, 0) is 43.5 Å². The van der Waals surface area contributed by atoms with Crippen molar-refractivity contribution in [3.63, 3.8) is 0 Å². The van der Waals surface area contributed by atoms with Gasteiger partial charge in [-0.2, -0.15) is 5.10 Å². The molecular weight excluding hydrogens is 332 g/mol. The third-order valence-electron chi connectivity index (χ3n) is 4.61. The zero-order valence-electron chi connectivity index (χ0n) is 13.8. The summed E-state index contributed by atoms with van der Waals surface area (Å²) in [6, 6.07) is 16.3. The highest BCUT2D eigenvalue weighted by atomic mass is 35.5. The van der Waals surface area contributed by atoms with E-state index in [1.807, 2.05) is 42.8 Å². The Morgan fingerprint density at radius 2 is 1.76 bits per heavy atom. The molecule has 5 heteroatoms. The number of H-pyrrole nitrogens is 1. The van der Waals surface area contributed by atoms with Crippen molar-refractivity contribution in [3.8, 4) is 5.82 Å². The summed E-state index contributed by atoms with van der Waals surface area (Å²) in [6.45, 7) is 4.04. The number of rotatable bonds is 1. The van der Waals surface area contributed by atoms with E-state index in [0.717, 1.165) is 54.9 Å². The molecule has 3 aromatic heterocycles. The van der Waals surface area contributed by atoms with Crippen LogP contribution in [0, 0.1) is 13.8 Å². The van der Waals surface area contributed by atoms with Crippen molar-refractivity contribution >= 4 is 44.3 Å². The van der Waals surface area contributed by atoms with E-state index in [1.54, 1.807) is 0 Å². The van der Waals surface area contributed by atoms with Gasteiger partial charge in [0.15, 0.2) is 5.82 Å². The molecule has 0 bridgehead atoms. The summed E-state index contributed by atoms with van der Waals surface area (Å²) in [5.74, 6) is 0.839. The molecule has 5 aromatic rings. The summed E-state index contributed by atoms with van der Waals surface area (Å²) in [5, 5.41) is 9.75. The number of aromatic nitrogens is 4. The van der Waals surface area contributed by atoms with Gasteiger partial charge in [-0.3, -0.25) is 0 Å². The average Bonchev–Trinajstić information content (AvgIpc) is 3.13. The number of fused-ring (bicyclic) bond motifs is 5. The number of aromatic amines is 1. The Labute approximate surface area is 149 Å². The Morgan fingerprint density at radius 1 is 0.960 bits per heavy atom. The number of nitrogens with one attached hydrogen (secondary N) is 1. The lowest BCUT2D eigenvalue weighted by Gasteiger charge is -2.09. The number of aryl methyl sites for hydroxylation is 2. The molecule has 0 saturated carbocycles. The van der Waals surface area contributed by atoms with Crippen LogP contribution in [0.4, 0.5) is 0 Å². The monoisotopic (exact) mass is 346 g/mol. The second-order valence-corrected chi connectivity index (χ2v) is 6.79. The maximum atomic E-state index is 6.23. The molecule has 0 fully saturated rings. The number of hydrogen-bond acceptors (Lipinski definition) is 2. The van der Waals surface area contributed by atoms with Gasteiger partial charge >= 0.3 is 0 Å². The van der Waals surface area contributed by atoms with Crippen LogP contribution in [0.5, 0.6) is 0 Å². The summed E-state index contributed by atoms with van der Waals surface area (Å²) in [4.78, 5) is 8.34. The van der Waals surface area contributed by atoms with Gasteiger partial charge in [0.05, 0.1) is 5.69 Å². The van der Waals surface area contributed by atoms with Crippen molar-refractivity contribution in [2.75, 3.05) is 0 Å². The zero-order valence-corrected chi connectivity index (χ0v) is 14.6. The molecule has 25 heavy (non-hydrogen) atoms. The number of nitrogens with zero attached hydrogens (tertiary/aromatic N) is 3. The second kappa shape index (κ2) is 5.07. The van der Waals surface area contributed by atoms with Crippen LogP contribution in [0.25, 0.3) is 38.5 Å². The molecule has 0 radical (unpaired) electrons. The number of halogens is 1. The minimum Gasteiger partial charge on any atom is -0.339 e. The Hall–Kier alpha value is -2.85. The van der Waals surface area contributed by atoms with Gasteiger partial charge in [-0.25, -0.2) is 9.67 Å². The molecule has 0 aliphatic carbocycles. The molecule has 0 spiro atoms. The van der Waals surface area contributed by atoms with Crippen LogP contribution in [0.15, 0.2) is 48.5 Å². The first-order valence-electron chi connectivity index (χ1n) is 8.15. The van der Waals surface area contributed by atoms with Gasteiger partial charge in [-0.15, -0.1) is 0 Å². The van der Waals surface area contributed by atoms with E-state index in [2.05, 4.69) is 34.3 Å². The van der Waals surface area contributed by atoms with Crippen LogP contribution in [0.1, 0.15) is 11.4 Å². The molecule has 122 valence electrons. The Morgan fingerprint density at radius 3 is 2.52 bits per heavy atom. The van der Waals surface area contributed by atoms with Gasteiger partial charge < -0.3 is 4.98 Å². The normalized spacial score (nSPS) is 11.8. The maximum absolute atomic E-state index is 6.23. The van der Waals surface area contributed by atoms with Crippen LogP contribution in [-0.2, 0) is 0 Å². The third kappa shape index (κ3) is 2.07. The van der Waals surface area contributed by atoms with E-state index in [0.29, 0.717) is 0 Å². The van der Waals surface area contributed by atoms with Gasteiger partial charge in [-0.1, -0.05) is 35.9 Å². The van der Waals surface area contributed by atoms with E-state index in [-0.39, 0.29) is 0 Å². The molecular formula is C20H15ClN4. The highest BCUT2D eigenvalue weighted by molar-refractivity contribution is 6.32. The topological polar surface area (TPSA) is 46.5 Å². The lowest BCUT2D eigenvalue weighted by Crippen LogP contribution is -2.03. The van der Waals surface area contributed by atoms with Gasteiger partial charge in [0.2, 0.25) is 0 Å². The fraction of sp³-hybridized carbons (Fsp3) is 0.100. The molecule has 5 rings (SSSR count). The fourth-order valence-corrected chi connectivity index (χ4v) is 3.75. The highest BCUT2D eigenvalue weighted by Gasteiger charge is 2.16. The fourth-order valence-electron chi connectivity index (χ4n) is 3.57. The Kier molecular flexibility index (Phi) is 2.94. The lowest BCUT2D eigenvalue weighted by molar-refractivity contribution is 0.817. The lowest BCUT2D eigenvalue weighted by atomic mass is 10.1. The van der Waals surface area contributed by atoms with Crippen LogP contribution in [-0.4, -0.2) is 19.7 Å². The first-order valence-corrected chi connectivity index (χ1v) is 8.53. The number of hydrogen-bond donors (Lipinski definition) is 1. The van der Waals surface area contributed by atoms with Crippen molar-refractivity contribution in [1.82, 2.24) is 19.7 Å². The van der Waals surface area contributed by atoms with Crippen molar-refractivity contribution in [2.24, 2.45) is 0 Å². The van der Waals surface area contributed by atoms with Crippen LogP contribution in [0.3, 0.4) is 0 Å². The summed E-state index contributed by atoms with van der Waals surface area (Å²) < 4.78 is 1.91. The molecule has 0 atom stereocenters. The quantitative estimate of drug-likeness (QED) is 0.446. The standard InChI is InChI=1S/C20H15ClN4/c1-11-9-12(2)25(24-11)20-15-6-4-3-5-14(15)18-16-10-13(21)7-8-17(16)22-19(18)23-20/h3-10H,1-2H3,(H,22,23). The average molecular weight is 347 g/mol. The molecule has 1 N–H and O–H groups in total. The minimum absolute atomic E-state index is 0.722. The summed E-state index contributed by atoms with van der Waals surface area (Å²) in [5.41, 5.74) is 3.92.